The van der Waals surface area contributed by atoms with Crippen molar-refractivity contribution in [2.75, 3.05) is 20.2 Å². The van der Waals surface area contributed by atoms with E-state index in [0.717, 1.165) is 16.9 Å². The number of alkyl halides is 3. The molecule has 0 aliphatic carbocycles. The summed E-state index contributed by atoms with van der Waals surface area (Å²) in [5.41, 5.74) is 1.01. The van der Waals surface area contributed by atoms with E-state index >= 15 is 0 Å². The van der Waals surface area contributed by atoms with Crippen LogP contribution in [0.5, 0.6) is 0 Å². The lowest BCUT2D eigenvalue weighted by Gasteiger charge is -2.24. The van der Waals surface area contributed by atoms with Crippen LogP contribution in [0.4, 0.5) is 13.2 Å². The zero-order valence-electron chi connectivity index (χ0n) is 12.2. The Morgan fingerprint density at radius 3 is 2.62 bits per heavy atom. The lowest BCUT2D eigenvalue weighted by Crippen LogP contribution is -2.39. The molecule has 0 aliphatic heterocycles. The average Bonchev–Trinajstić information content (AvgIpc) is 2.42. The minimum Gasteiger partial charge on any atom is -0.380 e. The number of nitrogens with zero attached hydrogens (tertiary/aromatic N) is 1. The largest absolute Gasteiger partial charge is 0.406 e. The second-order valence-corrected chi connectivity index (χ2v) is 4.83. The molecule has 0 saturated heterocycles. The Morgan fingerprint density at radius 2 is 2.05 bits per heavy atom. The SMILES string of the molecule is CCCCN(CC(F)(F)F)C(=O)c1cccc(COC)c1. The predicted molar refractivity (Wildman–Crippen MR) is 74.0 cm³/mol. The Balaban J connectivity index is 2.90. The van der Waals surface area contributed by atoms with E-state index in [-0.39, 0.29) is 12.1 Å². The number of carbonyl (C=O) groups excluding carboxylic acids is 1. The molecular weight excluding hydrogens is 283 g/mol. The van der Waals surface area contributed by atoms with Crippen LogP contribution in [0.1, 0.15) is 35.7 Å². The summed E-state index contributed by atoms with van der Waals surface area (Å²) in [6, 6.07) is 6.51. The van der Waals surface area contributed by atoms with Gasteiger partial charge in [-0.3, -0.25) is 4.79 Å². The lowest BCUT2D eigenvalue weighted by molar-refractivity contribution is -0.140. The number of carbonyl (C=O) groups is 1. The van der Waals surface area contributed by atoms with Crippen LogP contribution in [-0.4, -0.2) is 37.2 Å². The number of benzene rings is 1. The molecule has 0 aromatic heterocycles. The van der Waals surface area contributed by atoms with Gasteiger partial charge in [0.1, 0.15) is 6.54 Å². The highest BCUT2D eigenvalue weighted by Crippen LogP contribution is 2.19. The summed E-state index contributed by atoms with van der Waals surface area (Å²) in [6.45, 7) is 1.06. The highest BCUT2D eigenvalue weighted by Gasteiger charge is 2.33. The van der Waals surface area contributed by atoms with E-state index in [1.54, 1.807) is 18.2 Å². The second-order valence-electron chi connectivity index (χ2n) is 4.83. The van der Waals surface area contributed by atoms with Crippen molar-refractivity contribution in [3.05, 3.63) is 35.4 Å². The van der Waals surface area contributed by atoms with E-state index in [1.807, 2.05) is 6.92 Å². The van der Waals surface area contributed by atoms with Gasteiger partial charge in [0.2, 0.25) is 0 Å². The first kappa shape index (κ1) is 17.5. The zero-order valence-corrected chi connectivity index (χ0v) is 12.2. The van der Waals surface area contributed by atoms with Crippen molar-refractivity contribution in [2.45, 2.75) is 32.5 Å². The van der Waals surface area contributed by atoms with E-state index in [4.69, 9.17) is 4.74 Å². The summed E-state index contributed by atoms with van der Waals surface area (Å²) < 4.78 is 42.7. The monoisotopic (exact) mass is 303 g/mol. The van der Waals surface area contributed by atoms with Gasteiger partial charge in [0.05, 0.1) is 6.61 Å². The summed E-state index contributed by atoms with van der Waals surface area (Å²) in [7, 11) is 1.52. The summed E-state index contributed by atoms with van der Waals surface area (Å²) in [4.78, 5) is 13.1. The van der Waals surface area contributed by atoms with Crippen LogP contribution in [0.3, 0.4) is 0 Å². The molecule has 3 nitrogen and oxygen atoms in total. The number of ether oxygens (including phenoxy) is 1. The summed E-state index contributed by atoms with van der Waals surface area (Å²) >= 11 is 0. The second kappa shape index (κ2) is 8.02. The van der Waals surface area contributed by atoms with E-state index in [2.05, 4.69) is 0 Å². The number of hydrogen-bond acceptors (Lipinski definition) is 2. The molecule has 0 heterocycles. The molecule has 0 atom stereocenters. The Kier molecular flexibility index (Phi) is 6.68. The Hall–Kier alpha value is -1.56. The van der Waals surface area contributed by atoms with Gasteiger partial charge in [0.25, 0.3) is 5.91 Å². The fourth-order valence-electron chi connectivity index (χ4n) is 1.96. The van der Waals surface area contributed by atoms with Gasteiger partial charge in [-0.05, 0) is 24.1 Å². The minimum atomic E-state index is -4.40. The molecule has 21 heavy (non-hydrogen) atoms. The maximum absolute atomic E-state index is 12.6. The number of halogens is 3. The van der Waals surface area contributed by atoms with Crippen LogP contribution < -0.4 is 0 Å². The van der Waals surface area contributed by atoms with Gasteiger partial charge in [-0.1, -0.05) is 25.5 Å². The molecule has 118 valence electrons. The summed E-state index contributed by atoms with van der Waals surface area (Å²) in [6.07, 6.45) is -3.13. The topological polar surface area (TPSA) is 29.5 Å². The maximum atomic E-state index is 12.6. The summed E-state index contributed by atoms with van der Waals surface area (Å²) in [5.74, 6) is -0.598. The molecule has 6 heteroatoms. The standard InChI is InChI=1S/C15H20F3NO2/c1-3-4-8-19(11-15(16,17)18)14(20)13-7-5-6-12(9-13)10-21-2/h5-7,9H,3-4,8,10-11H2,1-2H3. The molecule has 1 aromatic rings. The van der Waals surface area contributed by atoms with Crippen molar-refractivity contribution >= 4 is 5.91 Å². The van der Waals surface area contributed by atoms with Crippen LogP contribution in [0.2, 0.25) is 0 Å². The first-order valence-electron chi connectivity index (χ1n) is 6.81. The first-order valence-corrected chi connectivity index (χ1v) is 6.81. The smallest absolute Gasteiger partial charge is 0.380 e. The van der Waals surface area contributed by atoms with Gasteiger partial charge in [-0.25, -0.2) is 0 Å². The third-order valence-electron chi connectivity index (χ3n) is 2.92. The predicted octanol–water partition coefficient (Wildman–Crippen LogP) is 3.64. The molecule has 0 aliphatic rings. The van der Waals surface area contributed by atoms with Crippen molar-refractivity contribution in [1.29, 1.82) is 0 Å². The lowest BCUT2D eigenvalue weighted by atomic mass is 10.1. The molecule has 0 spiro atoms. The number of rotatable bonds is 7. The van der Waals surface area contributed by atoms with E-state index in [9.17, 15) is 18.0 Å². The number of hydrogen-bond donors (Lipinski definition) is 0. The van der Waals surface area contributed by atoms with Crippen molar-refractivity contribution in [2.24, 2.45) is 0 Å². The van der Waals surface area contributed by atoms with Gasteiger partial charge < -0.3 is 9.64 Å². The summed E-state index contributed by atoms with van der Waals surface area (Å²) in [5, 5.41) is 0. The highest BCUT2D eigenvalue weighted by molar-refractivity contribution is 5.94. The number of methoxy groups -OCH3 is 1. The van der Waals surface area contributed by atoms with E-state index < -0.39 is 18.6 Å². The maximum Gasteiger partial charge on any atom is 0.406 e. The Bertz CT molecular complexity index is 460. The van der Waals surface area contributed by atoms with Crippen LogP contribution in [0.25, 0.3) is 0 Å². The van der Waals surface area contributed by atoms with Crippen LogP contribution in [0, 0.1) is 0 Å². The minimum absolute atomic E-state index is 0.101. The Morgan fingerprint density at radius 1 is 1.33 bits per heavy atom. The van der Waals surface area contributed by atoms with Crippen LogP contribution in [0.15, 0.2) is 24.3 Å². The number of unbranched alkanes of at least 4 members (excludes halogenated alkanes) is 1. The molecular formula is C15H20F3NO2. The van der Waals surface area contributed by atoms with Gasteiger partial charge in [-0.2, -0.15) is 13.2 Å². The fourth-order valence-corrected chi connectivity index (χ4v) is 1.96. The third kappa shape index (κ3) is 6.16. The molecule has 1 rings (SSSR count). The normalized spacial score (nSPS) is 11.5. The molecule has 0 N–H and O–H groups in total. The van der Waals surface area contributed by atoms with E-state index in [1.165, 1.54) is 13.2 Å². The Labute approximate surface area is 122 Å². The molecule has 0 saturated carbocycles. The quantitative estimate of drug-likeness (QED) is 0.769. The van der Waals surface area contributed by atoms with Crippen LogP contribution >= 0.6 is 0 Å². The van der Waals surface area contributed by atoms with E-state index in [0.29, 0.717) is 13.0 Å². The molecule has 1 amide bonds. The van der Waals surface area contributed by atoms with Crippen molar-refractivity contribution in [1.82, 2.24) is 4.90 Å². The molecule has 0 unspecified atom stereocenters. The zero-order chi connectivity index (χ0) is 15.9. The van der Waals surface area contributed by atoms with Gasteiger partial charge in [0, 0.05) is 19.2 Å². The molecule has 0 bridgehead atoms. The fraction of sp³-hybridized carbons (Fsp3) is 0.533. The highest BCUT2D eigenvalue weighted by atomic mass is 19.4. The molecule has 1 aromatic carbocycles. The molecule has 0 fully saturated rings. The van der Waals surface area contributed by atoms with Gasteiger partial charge in [0.15, 0.2) is 0 Å². The van der Waals surface area contributed by atoms with Crippen molar-refractivity contribution < 1.29 is 22.7 Å². The first-order chi connectivity index (χ1) is 9.87. The van der Waals surface area contributed by atoms with Crippen molar-refractivity contribution in [3.8, 4) is 0 Å². The molecule has 0 radical (unpaired) electrons. The van der Waals surface area contributed by atoms with Gasteiger partial charge in [-0.15, -0.1) is 0 Å². The van der Waals surface area contributed by atoms with Crippen LogP contribution in [-0.2, 0) is 11.3 Å². The van der Waals surface area contributed by atoms with Crippen molar-refractivity contribution in [3.63, 3.8) is 0 Å². The average molecular weight is 303 g/mol. The number of amides is 1. The third-order valence-corrected chi connectivity index (χ3v) is 2.92. The van der Waals surface area contributed by atoms with Gasteiger partial charge >= 0.3 is 6.18 Å².